The standard InChI is InChI=1S/C16H34OSi/c1-5-9-10-11-12-13-14-15-16-17-18(6-2,7-3)8-4/h5H,1,6-16H2,2-4H3. The van der Waals surface area contributed by atoms with Crippen LogP contribution >= 0.6 is 0 Å². The van der Waals surface area contributed by atoms with Crippen LogP contribution in [0.3, 0.4) is 0 Å². The van der Waals surface area contributed by atoms with E-state index in [0.29, 0.717) is 0 Å². The molecule has 0 radical (unpaired) electrons. The average molecular weight is 271 g/mol. The Bertz CT molecular complexity index is 179. The monoisotopic (exact) mass is 270 g/mol. The zero-order chi connectivity index (χ0) is 13.7. The smallest absolute Gasteiger partial charge is 0.191 e. The second kappa shape index (κ2) is 12.0. The lowest BCUT2D eigenvalue weighted by Crippen LogP contribution is -2.36. The highest BCUT2D eigenvalue weighted by Gasteiger charge is 2.27. The van der Waals surface area contributed by atoms with Gasteiger partial charge < -0.3 is 4.43 Å². The van der Waals surface area contributed by atoms with Crippen LogP contribution in [0.15, 0.2) is 12.7 Å². The summed E-state index contributed by atoms with van der Waals surface area (Å²) in [6.07, 6.45) is 11.2. The van der Waals surface area contributed by atoms with Crippen LogP contribution < -0.4 is 0 Å². The van der Waals surface area contributed by atoms with E-state index in [0.717, 1.165) is 6.61 Å². The van der Waals surface area contributed by atoms with E-state index in [-0.39, 0.29) is 0 Å². The van der Waals surface area contributed by atoms with E-state index in [4.69, 9.17) is 4.43 Å². The molecular weight excluding hydrogens is 236 g/mol. The minimum absolute atomic E-state index is 1.01. The van der Waals surface area contributed by atoms with Crippen molar-refractivity contribution in [2.45, 2.75) is 83.8 Å². The van der Waals surface area contributed by atoms with Crippen molar-refractivity contribution in [1.29, 1.82) is 0 Å². The summed E-state index contributed by atoms with van der Waals surface area (Å²) < 4.78 is 6.25. The number of hydrogen-bond donors (Lipinski definition) is 0. The van der Waals surface area contributed by atoms with Crippen molar-refractivity contribution in [3.63, 3.8) is 0 Å². The fourth-order valence-corrected chi connectivity index (χ4v) is 5.13. The molecule has 0 unspecified atom stereocenters. The van der Waals surface area contributed by atoms with E-state index in [9.17, 15) is 0 Å². The lowest BCUT2D eigenvalue weighted by Gasteiger charge is -2.27. The van der Waals surface area contributed by atoms with Crippen LogP contribution in [0.5, 0.6) is 0 Å². The molecule has 18 heavy (non-hydrogen) atoms. The van der Waals surface area contributed by atoms with E-state index in [1.54, 1.807) is 0 Å². The van der Waals surface area contributed by atoms with Gasteiger partial charge in [0.2, 0.25) is 0 Å². The van der Waals surface area contributed by atoms with Gasteiger partial charge in [0.15, 0.2) is 8.32 Å². The van der Waals surface area contributed by atoms with Crippen molar-refractivity contribution in [3.05, 3.63) is 12.7 Å². The van der Waals surface area contributed by atoms with Gasteiger partial charge in [-0.05, 0) is 37.4 Å². The van der Waals surface area contributed by atoms with E-state index in [2.05, 4.69) is 27.4 Å². The topological polar surface area (TPSA) is 9.23 Å². The third-order valence-corrected chi connectivity index (χ3v) is 8.83. The zero-order valence-corrected chi connectivity index (χ0v) is 14.0. The first kappa shape index (κ1) is 17.9. The summed E-state index contributed by atoms with van der Waals surface area (Å²) in [4.78, 5) is 0. The Hall–Kier alpha value is -0.0831. The average Bonchev–Trinajstić information content (AvgIpc) is 2.42. The maximum atomic E-state index is 6.25. The van der Waals surface area contributed by atoms with Crippen LogP contribution in [0, 0.1) is 0 Å². The van der Waals surface area contributed by atoms with Gasteiger partial charge in [-0.25, -0.2) is 0 Å². The van der Waals surface area contributed by atoms with Gasteiger partial charge in [-0.2, -0.15) is 0 Å². The number of unbranched alkanes of at least 4 members (excludes halogenated alkanes) is 6. The number of rotatable bonds is 13. The van der Waals surface area contributed by atoms with Crippen LogP contribution in [0.2, 0.25) is 18.1 Å². The van der Waals surface area contributed by atoms with Crippen LogP contribution in [-0.4, -0.2) is 14.9 Å². The van der Waals surface area contributed by atoms with Gasteiger partial charge in [-0.3, -0.25) is 0 Å². The number of hydrogen-bond acceptors (Lipinski definition) is 1. The lowest BCUT2D eigenvalue weighted by atomic mass is 10.1. The van der Waals surface area contributed by atoms with E-state index in [1.165, 1.54) is 63.1 Å². The highest BCUT2D eigenvalue weighted by molar-refractivity contribution is 6.73. The first-order valence-corrected chi connectivity index (χ1v) is 10.5. The van der Waals surface area contributed by atoms with Crippen LogP contribution in [0.1, 0.15) is 65.7 Å². The van der Waals surface area contributed by atoms with Gasteiger partial charge in [0.1, 0.15) is 0 Å². The largest absolute Gasteiger partial charge is 0.417 e. The van der Waals surface area contributed by atoms with Crippen molar-refractivity contribution in [2.75, 3.05) is 6.61 Å². The minimum atomic E-state index is -1.31. The first-order valence-electron chi connectivity index (χ1n) is 7.99. The maximum Gasteiger partial charge on any atom is 0.191 e. The summed E-state index contributed by atoms with van der Waals surface area (Å²) >= 11 is 0. The van der Waals surface area contributed by atoms with Crippen LogP contribution in [0.4, 0.5) is 0 Å². The van der Waals surface area contributed by atoms with Gasteiger partial charge in [0.05, 0.1) is 0 Å². The third-order valence-electron chi connectivity index (χ3n) is 4.14. The van der Waals surface area contributed by atoms with Crippen LogP contribution in [-0.2, 0) is 4.43 Å². The van der Waals surface area contributed by atoms with E-state index in [1.807, 2.05) is 6.08 Å². The Morgan fingerprint density at radius 2 is 1.33 bits per heavy atom. The molecule has 0 heterocycles. The predicted molar refractivity (Wildman–Crippen MR) is 85.7 cm³/mol. The van der Waals surface area contributed by atoms with Gasteiger partial charge in [-0.15, -0.1) is 6.58 Å². The van der Waals surface area contributed by atoms with E-state index < -0.39 is 8.32 Å². The fraction of sp³-hybridized carbons (Fsp3) is 0.875. The number of allylic oxidation sites excluding steroid dienone is 1. The highest BCUT2D eigenvalue weighted by Crippen LogP contribution is 2.22. The van der Waals surface area contributed by atoms with Crippen molar-refractivity contribution in [3.8, 4) is 0 Å². The zero-order valence-electron chi connectivity index (χ0n) is 13.0. The molecule has 0 fully saturated rings. The Kier molecular flexibility index (Phi) is 11.9. The van der Waals surface area contributed by atoms with Crippen molar-refractivity contribution < 1.29 is 4.43 Å². The SMILES string of the molecule is C=CCCCCCCCCO[Si](CC)(CC)CC. The minimum Gasteiger partial charge on any atom is -0.417 e. The summed E-state index contributed by atoms with van der Waals surface area (Å²) in [7, 11) is -1.31. The molecule has 0 aromatic rings. The molecule has 0 bridgehead atoms. The quantitative estimate of drug-likeness (QED) is 0.229. The fourth-order valence-electron chi connectivity index (χ4n) is 2.44. The summed E-state index contributed by atoms with van der Waals surface area (Å²) in [6.45, 7) is 11.7. The predicted octanol–water partition coefficient (Wildman–Crippen LogP) is 5.92. The molecule has 0 aliphatic carbocycles. The molecule has 0 aliphatic rings. The molecule has 0 rings (SSSR count). The van der Waals surface area contributed by atoms with Crippen molar-refractivity contribution >= 4 is 8.32 Å². The Morgan fingerprint density at radius 3 is 1.83 bits per heavy atom. The maximum absolute atomic E-state index is 6.25. The molecule has 0 aromatic heterocycles. The molecule has 0 spiro atoms. The summed E-state index contributed by atoms with van der Waals surface area (Å²) in [5, 5.41) is 0. The Labute approximate surface area is 116 Å². The molecule has 2 heteroatoms. The first-order chi connectivity index (χ1) is 8.74. The molecule has 0 aromatic carbocycles. The van der Waals surface area contributed by atoms with Gasteiger partial charge in [0.25, 0.3) is 0 Å². The molecule has 0 saturated heterocycles. The molecule has 108 valence electrons. The van der Waals surface area contributed by atoms with E-state index >= 15 is 0 Å². The second-order valence-corrected chi connectivity index (χ2v) is 10.1. The molecule has 0 aliphatic heterocycles. The highest BCUT2D eigenvalue weighted by atomic mass is 28.4. The Balaban J connectivity index is 3.41. The molecule has 0 atom stereocenters. The molecule has 1 nitrogen and oxygen atoms in total. The van der Waals surface area contributed by atoms with Crippen LogP contribution in [0.25, 0.3) is 0 Å². The second-order valence-electron chi connectivity index (χ2n) is 5.29. The van der Waals surface area contributed by atoms with Gasteiger partial charge >= 0.3 is 0 Å². The molecular formula is C16H34OSi. The summed E-state index contributed by atoms with van der Waals surface area (Å²) in [5.41, 5.74) is 0. The Morgan fingerprint density at radius 1 is 0.833 bits per heavy atom. The summed E-state index contributed by atoms with van der Waals surface area (Å²) in [6, 6.07) is 3.84. The van der Waals surface area contributed by atoms with Crippen molar-refractivity contribution in [2.24, 2.45) is 0 Å². The van der Waals surface area contributed by atoms with Crippen molar-refractivity contribution in [1.82, 2.24) is 0 Å². The summed E-state index contributed by atoms with van der Waals surface area (Å²) in [5.74, 6) is 0. The lowest BCUT2D eigenvalue weighted by molar-refractivity contribution is 0.287. The molecule has 0 amide bonds. The normalized spacial score (nSPS) is 11.7. The van der Waals surface area contributed by atoms with Gasteiger partial charge in [-0.1, -0.05) is 52.5 Å². The third kappa shape index (κ3) is 8.10. The van der Waals surface area contributed by atoms with Gasteiger partial charge in [0, 0.05) is 6.61 Å². The molecule has 0 N–H and O–H groups in total. The molecule has 0 saturated carbocycles.